The summed E-state index contributed by atoms with van der Waals surface area (Å²) in [5.41, 5.74) is 3.69. The lowest BCUT2D eigenvalue weighted by molar-refractivity contribution is -0.385. The van der Waals surface area contributed by atoms with Crippen molar-refractivity contribution in [1.29, 1.82) is 0 Å². The zero-order chi connectivity index (χ0) is 16.6. The molecule has 5 nitrogen and oxygen atoms in total. The first kappa shape index (κ1) is 15.0. The fourth-order valence-corrected chi connectivity index (χ4v) is 2.84. The number of para-hydroxylation sites is 1. The van der Waals surface area contributed by atoms with Crippen LogP contribution in [0.3, 0.4) is 0 Å². The summed E-state index contributed by atoms with van der Waals surface area (Å²) in [4.78, 5) is 24.8. The van der Waals surface area contributed by atoms with Crippen LogP contribution in [0.15, 0.2) is 42.5 Å². The van der Waals surface area contributed by atoms with Gasteiger partial charge in [0.1, 0.15) is 0 Å². The van der Waals surface area contributed by atoms with Crippen molar-refractivity contribution in [3.05, 3.63) is 69.3 Å². The van der Waals surface area contributed by atoms with Crippen molar-refractivity contribution in [3.8, 4) is 0 Å². The van der Waals surface area contributed by atoms with E-state index in [-0.39, 0.29) is 16.5 Å². The molecule has 0 fully saturated rings. The van der Waals surface area contributed by atoms with Crippen molar-refractivity contribution in [3.63, 3.8) is 0 Å². The van der Waals surface area contributed by atoms with Crippen LogP contribution in [0.5, 0.6) is 0 Å². The number of amides is 1. The summed E-state index contributed by atoms with van der Waals surface area (Å²) in [5.74, 6) is -0.103. The predicted octanol–water partition coefficient (Wildman–Crippen LogP) is 3.67. The Labute approximate surface area is 134 Å². The number of carbonyl (C=O) groups excluding carboxylic acids is 1. The van der Waals surface area contributed by atoms with Crippen LogP contribution in [-0.4, -0.2) is 17.9 Å². The molecule has 116 valence electrons. The number of hydrogen-bond acceptors (Lipinski definition) is 3. The lowest BCUT2D eigenvalue weighted by Crippen LogP contribution is -2.20. The average molecular weight is 308 g/mol. The second-order valence-corrected chi connectivity index (χ2v) is 5.44. The molecule has 1 heterocycles. The van der Waals surface area contributed by atoms with Crippen LogP contribution in [-0.2, 0) is 11.2 Å². The van der Waals surface area contributed by atoms with Gasteiger partial charge in [-0.1, -0.05) is 37.3 Å². The number of fused-ring (bicyclic) bond motifs is 1. The third kappa shape index (κ3) is 2.50. The number of aryl methyl sites for hydroxylation is 1. The number of nitro benzene ring substituents is 1. The normalized spacial score (nSPS) is 15.1. The van der Waals surface area contributed by atoms with Gasteiger partial charge in [0, 0.05) is 29.8 Å². The Balaban J connectivity index is 2.11. The van der Waals surface area contributed by atoms with E-state index in [2.05, 4.69) is 0 Å². The SMILES string of the molecule is CCc1ccc(/C=C2/C(=O)N(C)c3ccccc32)cc1[N+](=O)[O-]. The standard InChI is InChI=1S/C18H16N2O3/c1-3-13-9-8-12(11-17(13)20(22)23)10-15-14-6-4-5-7-16(14)19(2)18(15)21/h4-11H,3H2,1-2H3/b15-10+. The molecule has 0 radical (unpaired) electrons. The summed E-state index contributed by atoms with van der Waals surface area (Å²) >= 11 is 0. The monoisotopic (exact) mass is 308 g/mol. The van der Waals surface area contributed by atoms with E-state index in [1.807, 2.05) is 37.3 Å². The third-order valence-corrected chi connectivity index (χ3v) is 4.09. The van der Waals surface area contributed by atoms with Crippen LogP contribution in [0, 0.1) is 10.1 Å². The minimum absolute atomic E-state index is 0.0916. The van der Waals surface area contributed by atoms with Gasteiger partial charge in [-0.3, -0.25) is 14.9 Å². The van der Waals surface area contributed by atoms with Gasteiger partial charge in [-0.2, -0.15) is 0 Å². The third-order valence-electron chi connectivity index (χ3n) is 4.09. The minimum Gasteiger partial charge on any atom is -0.311 e. The molecule has 0 saturated heterocycles. The van der Waals surface area contributed by atoms with Crippen LogP contribution in [0.2, 0.25) is 0 Å². The molecule has 23 heavy (non-hydrogen) atoms. The average Bonchev–Trinajstić information content (AvgIpc) is 2.80. The molecule has 0 spiro atoms. The highest BCUT2D eigenvalue weighted by atomic mass is 16.6. The molecule has 0 saturated carbocycles. The van der Waals surface area contributed by atoms with E-state index in [0.717, 1.165) is 11.3 Å². The molecule has 2 aromatic rings. The Morgan fingerprint density at radius 3 is 2.65 bits per heavy atom. The number of rotatable bonds is 3. The maximum Gasteiger partial charge on any atom is 0.273 e. The first-order valence-corrected chi connectivity index (χ1v) is 7.39. The number of carbonyl (C=O) groups is 1. The summed E-state index contributed by atoms with van der Waals surface area (Å²) in [7, 11) is 1.73. The van der Waals surface area contributed by atoms with Crippen LogP contribution in [0.25, 0.3) is 11.6 Å². The van der Waals surface area contributed by atoms with E-state index in [1.165, 1.54) is 6.07 Å². The van der Waals surface area contributed by atoms with Crippen molar-refractivity contribution in [1.82, 2.24) is 0 Å². The second kappa shape index (κ2) is 5.68. The summed E-state index contributed by atoms with van der Waals surface area (Å²) in [6.07, 6.45) is 2.31. The van der Waals surface area contributed by atoms with Gasteiger partial charge in [0.25, 0.3) is 11.6 Å². The summed E-state index contributed by atoms with van der Waals surface area (Å²) in [6, 6.07) is 12.6. The summed E-state index contributed by atoms with van der Waals surface area (Å²) in [5, 5.41) is 11.2. The van der Waals surface area contributed by atoms with Crippen molar-refractivity contribution < 1.29 is 9.72 Å². The van der Waals surface area contributed by atoms with Crippen molar-refractivity contribution in [2.75, 3.05) is 11.9 Å². The van der Waals surface area contributed by atoms with Gasteiger partial charge >= 0.3 is 0 Å². The van der Waals surface area contributed by atoms with E-state index in [4.69, 9.17) is 0 Å². The highest BCUT2D eigenvalue weighted by molar-refractivity contribution is 6.35. The minimum atomic E-state index is -0.378. The highest BCUT2D eigenvalue weighted by Crippen LogP contribution is 2.36. The van der Waals surface area contributed by atoms with Gasteiger partial charge in [-0.05, 0) is 24.1 Å². The Bertz CT molecular complexity index is 840. The number of nitro groups is 1. The lowest BCUT2D eigenvalue weighted by atomic mass is 10.0. The number of benzene rings is 2. The van der Waals surface area contributed by atoms with E-state index in [1.54, 1.807) is 24.1 Å². The maximum absolute atomic E-state index is 12.4. The Hall–Kier alpha value is -2.95. The smallest absolute Gasteiger partial charge is 0.273 e. The fourth-order valence-electron chi connectivity index (χ4n) is 2.84. The molecule has 0 bridgehead atoms. The van der Waals surface area contributed by atoms with E-state index in [9.17, 15) is 14.9 Å². The van der Waals surface area contributed by atoms with Gasteiger partial charge < -0.3 is 4.90 Å². The molecule has 0 aromatic heterocycles. The van der Waals surface area contributed by atoms with Crippen LogP contribution in [0.1, 0.15) is 23.6 Å². The van der Waals surface area contributed by atoms with Gasteiger partial charge in [-0.15, -0.1) is 0 Å². The van der Waals surface area contributed by atoms with Gasteiger partial charge in [0.2, 0.25) is 0 Å². The topological polar surface area (TPSA) is 63.5 Å². The Morgan fingerprint density at radius 2 is 1.96 bits per heavy atom. The van der Waals surface area contributed by atoms with E-state index >= 15 is 0 Å². The molecular formula is C18H16N2O3. The van der Waals surface area contributed by atoms with Gasteiger partial charge in [-0.25, -0.2) is 0 Å². The van der Waals surface area contributed by atoms with E-state index < -0.39 is 0 Å². The van der Waals surface area contributed by atoms with Crippen molar-refractivity contribution in [2.24, 2.45) is 0 Å². The van der Waals surface area contributed by atoms with Crippen molar-refractivity contribution >= 4 is 28.9 Å². The summed E-state index contributed by atoms with van der Waals surface area (Å²) < 4.78 is 0. The second-order valence-electron chi connectivity index (χ2n) is 5.44. The Morgan fingerprint density at radius 1 is 1.22 bits per heavy atom. The molecule has 1 aliphatic heterocycles. The van der Waals surface area contributed by atoms with Crippen LogP contribution in [0.4, 0.5) is 11.4 Å². The van der Waals surface area contributed by atoms with Crippen LogP contribution < -0.4 is 4.90 Å². The predicted molar refractivity (Wildman–Crippen MR) is 90.2 cm³/mol. The maximum atomic E-state index is 12.4. The van der Waals surface area contributed by atoms with E-state index in [0.29, 0.717) is 23.1 Å². The van der Waals surface area contributed by atoms with Gasteiger partial charge in [0.15, 0.2) is 0 Å². The fraction of sp³-hybridized carbons (Fsp3) is 0.167. The number of likely N-dealkylation sites (N-methyl/N-ethyl adjacent to an activating group) is 1. The molecule has 1 amide bonds. The molecule has 0 atom stereocenters. The quantitative estimate of drug-likeness (QED) is 0.493. The molecule has 0 N–H and O–H groups in total. The van der Waals surface area contributed by atoms with Gasteiger partial charge in [0.05, 0.1) is 10.6 Å². The zero-order valence-corrected chi connectivity index (χ0v) is 12.9. The van der Waals surface area contributed by atoms with Crippen molar-refractivity contribution in [2.45, 2.75) is 13.3 Å². The molecule has 3 rings (SSSR count). The first-order chi connectivity index (χ1) is 11.0. The number of hydrogen-bond donors (Lipinski definition) is 0. The highest BCUT2D eigenvalue weighted by Gasteiger charge is 2.29. The lowest BCUT2D eigenvalue weighted by Gasteiger charge is -2.08. The first-order valence-electron chi connectivity index (χ1n) is 7.39. The Kier molecular flexibility index (Phi) is 3.70. The molecule has 2 aromatic carbocycles. The molecule has 5 heteroatoms. The zero-order valence-electron chi connectivity index (χ0n) is 12.9. The largest absolute Gasteiger partial charge is 0.311 e. The molecule has 0 aliphatic carbocycles. The molecule has 0 unspecified atom stereocenters. The number of anilines is 1. The molecule has 1 aliphatic rings. The molecular weight excluding hydrogens is 292 g/mol. The number of nitrogens with zero attached hydrogens (tertiary/aromatic N) is 2. The van der Waals surface area contributed by atoms with Crippen LogP contribution >= 0.6 is 0 Å². The summed E-state index contributed by atoms with van der Waals surface area (Å²) in [6.45, 7) is 1.88.